The van der Waals surface area contributed by atoms with Crippen LogP contribution < -0.4 is 0 Å². The molecule has 0 N–H and O–H groups in total. The number of aromatic nitrogens is 3. The van der Waals surface area contributed by atoms with Gasteiger partial charge in [0.1, 0.15) is 0 Å². The number of piperazine rings is 1. The largest absolute Gasteiger partial charge is 0.296 e. The summed E-state index contributed by atoms with van der Waals surface area (Å²) in [6.45, 7) is 6.06. The molecule has 2 aromatic carbocycles. The summed E-state index contributed by atoms with van der Waals surface area (Å²) in [5.74, 6) is 0. The van der Waals surface area contributed by atoms with Gasteiger partial charge in [-0.1, -0.05) is 54.6 Å². The van der Waals surface area contributed by atoms with Crippen molar-refractivity contribution in [2.75, 3.05) is 26.2 Å². The third-order valence-corrected chi connectivity index (χ3v) is 5.83. The van der Waals surface area contributed by atoms with Crippen LogP contribution in [0.3, 0.4) is 0 Å². The van der Waals surface area contributed by atoms with Crippen molar-refractivity contribution in [3.05, 3.63) is 103 Å². The number of pyridine rings is 1. The van der Waals surface area contributed by atoms with E-state index in [1.807, 2.05) is 23.0 Å². The lowest BCUT2D eigenvalue weighted by atomic mass is 10.1. The van der Waals surface area contributed by atoms with Gasteiger partial charge in [-0.3, -0.25) is 14.8 Å². The molecule has 1 fully saturated rings. The Labute approximate surface area is 183 Å². The molecule has 5 heteroatoms. The van der Waals surface area contributed by atoms with Crippen LogP contribution in [-0.2, 0) is 13.1 Å². The zero-order valence-corrected chi connectivity index (χ0v) is 17.6. The summed E-state index contributed by atoms with van der Waals surface area (Å²) in [5.41, 5.74) is 5.74. The number of para-hydroxylation sites is 1. The molecule has 5 nitrogen and oxygen atoms in total. The molecule has 0 saturated carbocycles. The highest BCUT2D eigenvalue weighted by Gasteiger charge is 2.20. The Hall–Kier alpha value is -3.28. The summed E-state index contributed by atoms with van der Waals surface area (Å²) in [6.07, 6.45) is 4.07. The first-order valence-electron chi connectivity index (χ1n) is 10.9. The molecule has 1 aliphatic heterocycles. The van der Waals surface area contributed by atoms with Crippen molar-refractivity contribution in [2.24, 2.45) is 0 Å². The first-order chi connectivity index (χ1) is 15.3. The normalized spacial score (nSPS) is 15.2. The third kappa shape index (κ3) is 4.74. The second-order valence-corrected chi connectivity index (χ2v) is 8.02. The van der Waals surface area contributed by atoms with Gasteiger partial charge in [0.25, 0.3) is 0 Å². The molecule has 4 aromatic rings. The first kappa shape index (κ1) is 19.7. The monoisotopic (exact) mass is 409 g/mol. The lowest BCUT2D eigenvalue weighted by Gasteiger charge is -2.34. The van der Waals surface area contributed by atoms with Gasteiger partial charge in [-0.05, 0) is 24.3 Å². The maximum Gasteiger partial charge on any atom is 0.0972 e. The third-order valence-electron chi connectivity index (χ3n) is 5.83. The quantitative estimate of drug-likeness (QED) is 0.477. The van der Waals surface area contributed by atoms with E-state index in [0.717, 1.165) is 56.3 Å². The molecule has 0 amide bonds. The smallest absolute Gasteiger partial charge is 0.0972 e. The molecular weight excluding hydrogens is 382 g/mol. The Morgan fingerprint density at radius 1 is 0.677 bits per heavy atom. The number of benzene rings is 2. The minimum absolute atomic E-state index is 0.911. The van der Waals surface area contributed by atoms with Crippen LogP contribution in [-0.4, -0.2) is 50.7 Å². The second-order valence-electron chi connectivity index (χ2n) is 8.02. The van der Waals surface area contributed by atoms with Crippen molar-refractivity contribution in [2.45, 2.75) is 13.1 Å². The van der Waals surface area contributed by atoms with Crippen LogP contribution in [0, 0.1) is 0 Å². The van der Waals surface area contributed by atoms with Gasteiger partial charge in [-0.25, -0.2) is 4.68 Å². The fourth-order valence-corrected chi connectivity index (χ4v) is 4.14. The molecule has 0 spiro atoms. The highest BCUT2D eigenvalue weighted by Crippen LogP contribution is 2.25. The summed E-state index contributed by atoms with van der Waals surface area (Å²) < 4.78 is 2.01. The van der Waals surface area contributed by atoms with Gasteiger partial charge in [0.05, 0.1) is 17.1 Å². The van der Waals surface area contributed by atoms with Gasteiger partial charge in [0.2, 0.25) is 0 Å². The van der Waals surface area contributed by atoms with E-state index >= 15 is 0 Å². The lowest BCUT2D eigenvalue weighted by molar-refractivity contribution is 0.121. The molecule has 31 heavy (non-hydrogen) atoms. The Balaban J connectivity index is 1.31. The van der Waals surface area contributed by atoms with Gasteiger partial charge in [0.15, 0.2) is 0 Å². The van der Waals surface area contributed by atoms with Crippen LogP contribution in [0.5, 0.6) is 0 Å². The minimum Gasteiger partial charge on any atom is -0.296 e. The van der Waals surface area contributed by atoms with E-state index in [1.54, 1.807) is 0 Å². The summed E-state index contributed by atoms with van der Waals surface area (Å²) in [7, 11) is 0. The van der Waals surface area contributed by atoms with E-state index in [2.05, 4.69) is 87.7 Å². The number of nitrogens with zero attached hydrogens (tertiary/aromatic N) is 5. The predicted octanol–water partition coefficient (Wildman–Crippen LogP) is 4.25. The molecule has 0 atom stereocenters. The molecule has 0 radical (unpaired) electrons. The number of hydrogen-bond acceptors (Lipinski definition) is 4. The fraction of sp³-hybridized carbons (Fsp3) is 0.231. The fourth-order valence-electron chi connectivity index (χ4n) is 4.14. The van der Waals surface area contributed by atoms with Crippen molar-refractivity contribution in [1.29, 1.82) is 0 Å². The van der Waals surface area contributed by atoms with Gasteiger partial charge >= 0.3 is 0 Å². The number of hydrogen-bond donors (Lipinski definition) is 0. The van der Waals surface area contributed by atoms with Crippen molar-refractivity contribution in [1.82, 2.24) is 24.6 Å². The molecule has 0 unspecified atom stereocenters. The summed E-state index contributed by atoms with van der Waals surface area (Å²) in [4.78, 5) is 9.50. The Kier molecular flexibility index (Phi) is 5.87. The van der Waals surface area contributed by atoms with Crippen LogP contribution in [0.15, 0.2) is 91.3 Å². The highest BCUT2D eigenvalue weighted by atomic mass is 15.3. The predicted molar refractivity (Wildman–Crippen MR) is 124 cm³/mol. The average molecular weight is 410 g/mol. The standard InChI is InChI=1S/C26H27N5/c1-3-9-22(10-4-1)26-23(20-31(28-26)25-12-5-2-6-13-25)19-29-15-17-30(18-16-29)21-24-11-7-8-14-27-24/h1-14,20H,15-19,21H2. The molecule has 1 saturated heterocycles. The van der Waals surface area contributed by atoms with Crippen LogP contribution in [0.2, 0.25) is 0 Å². The molecular formula is C26H27N5. The molecule has 3 heterocycles. The van der Waals surface area contributed by atoms with Gasteiger partial charge in [-0.2, -0.15) is 5.10 Å². The van der Waals surface area contributed by atoms with E-state index in [-0.39, 0.29) is 0 Å². The molecule has 1 aliphatic rings. The van der Waals surface area contributed by atoms with E-state index in [9.17, 15) is 0 Å². The van der Waals surface area contributed by atoms with E-state index < -0.39 is 0 Å². The Morgan fingerprint density at radius 2 is 1.32 bits per heavy atom. The van der Waals surface area contributed by atoms with Crippen LogP contribution in [0.25, 0.3) is 16.9 Å². The van der Waals surface area contributed by atoms with Gasteiger partial charge in [0, 0.05) is 62.8 Å². The molecule has 2 aromatic heterocycles. The zero-order chi connectivity index (χ0) is 20.9. The van der Waals surface area contributed by atoms with Crippen LogP contribution in [0.4, 0.5) is 0 Å². The summed E-state index contributed by atoms with van der Waals surface area (Å²) >= 11 is 0. The SMILES string of the molecule is c1ccc(-c2nn(-c3ccccc3)cc2CN2CCN(Cc3ccccn3)CC2)cc1. The van der Waals surface area contributed by atoms with E-state index in [4.69, 9.17) is 5.10 Å². The van der Waals surface area contributed by atoms with E-state index in [1.165, 1.54) is 11.1 Å². The van der Waals surface area contributed by atoms with Gasteiger partial charge in [-0.15, -0.1) is 0 Å². The minimum atomic E-state index is 0.911. The highest BCUT2D eigenvalue weighted by molar-refractivity contribution is 5.63. The second kappa shape index (κ2) is 9.25. The Bertz CT molecular complexity index is 1080. The summed E-state index contributed by atoms with van der Waals surface area (Å²) in [6, 6.07) is 27.0. The topological polar surface area (TPSA) is 37.2 Å². The maximum atomic E-state index is 4.96. The van der Waals surface area contributed by atoms with Crippen molar-refractivity contribution in [3.63, 3.8) is 0 Å². The molecule has 0 bridgehead atoms. The summed E-state index contributed by atoms with van der Waals surface area (Å²) in [5, 5.41) is 4.96. The number of rotatable bonds is 6. The Morgan fingerprint density at radius 3 is 2.00 bits per heavy atom. The van der Waals surface area contributed by atoms with Crippen LogP contribution in [0.1, 0.15) is 11.3 Å². The van der Waals surface area contributed by atoms with Crippen molar-refractivity contribution in [3.8, 4) is 16.9 Å². The molecule has 0 aliphatic carbocycles. The van der Waals surface area contributed by atoms with Crippen molar-refractivity contribution < 1.29 is 0 Å². The zero-order valence-electron chi connectivity index (χ0n) is 17.6. The van der Waals surface area contributed by atoms with Crippen LogP contribution >= 0.6 is 0 Å². The van der Waals surface area contributed by atoms with E-state index in [0.29, 0.717) is 0 Å². The average Bonchev–Trinajstić information content (AvgIpc) is 3.26. The lowest BCUT2D eigenvalue weighted by Crippen LogP contribution is -2.45. The van der Waals surface area contributed by atoms with Gasteiger partial charge < -0.3 is 0 Å². The maximum absolute atomic E-state index is 4.96. The molecule has 156 valence electrons. The molecule has 5 rings (SSSR count). The first-order valence-corrected chi connectivity index (χ1v) is 10.9. The van der Waals surface area contributed by atoms with Crippen molar-refractivity contribution >= 4 is 0 Å².